The van der Waals surface area contributed by atoms with E-state index in [4.69, 9.17) is 189 Å². The van der Waals surface area contributed by atoms with Gasteiger partial charge in [0.1, 0.15) is 18.3 Å². The lowest BCUT2D eigenvalue weighted by molar-refractivity contribution is -0.149. The summed E-state index contributed by atoms with van der Waals surface area (Å²) in [5, 5.41) is 27.9. The number of aromatic hydroxyl groups is 1. The van der Waals surface area contributed by atoms with E-state index in [1.807, 2.05) is 13.8 Å². The van der Waals surface area contributed by atoms with Crippen LogP contribution in [0.25, 0.3) is 0 Å². The number of nitrogens with two attached hydrogens (primary N) is 2. The van der Waals surface area contributed by atoms with Gasteiger partial charge in [-0.05, 0) is 140 Å². The lowest BCUT2D eigenvalue weighted by Crippen LogP contribution is -3.00. The molecule has 542 valence electrons. The Bertz CT molecular complexity index is 3230. The number of amides is 1. The highest BCUT2D eigenvalue weighted by Gasteiger charge is 2.23. The van der Waals surface area contributed by atoms with Crippen molar-refractivity contribution in [3.8, 4) is 34.5 Å². The number of phenols is 1. The molecule has 0 saturated carbocycles. The number of primary amides is 1. The lowest BCUT2D eigenvalue weighted by Gasteiger charge is -2.16. The van der Waals surface area contributed by atoms with E-state index in [9.17, 15) is 27.3 Å². The van der Waals surface area contributed by atoms with Gasteiger partial charge in [0.05, 0.1) is 93.0 Å². The molecule has 8 rings (SSSR count). The van der Waals surface area contributed by atoms with Gasteiger partial charge in [-0.3, -0.25) is 27.7 Å². The fourth-order valence-corrected chi connectivity index (χ4v) is 9.77. The quantitative estimate of drug-likeness (QED) is 0.0232. The molecule has 35 heteroatoms. The van der Waals surface area contributed by atoms with Crippen molar-refractivity contribution in [2.75, 3.05) is 34.4 Å². The van der Waals surface area contributed by atoms with Gasteiger partial charge in [-0.15, -0.1) is 12.4 Å². The summed E-state index contributed by atoms with van der Waals surface area (Å²) >= 11 is 70.3. The number of aliphatic imine (C=N–C) groups is 2. The van der Waals surface area contributed by atoms with Crippen molar-refractivity contribution >= 4 is 194 Å². The third kappa shape index (κ3) is 35.9. The van der Waals surface area contributed by atoms with Gasteiger partial charge < -0.3 is 58.5 Å². The number of rotatable bonds is 16. The number of benzene rings is 6. The van der Waals surface area contributed by atoms with Crippen LogP contribution in [0.15, 0.2) is 119 Å². The van der Waals surface area contributed by atoms with Crippen molar-refractivity contribution in [2.45, 2.75) is 104 Å². The number of halogens is 17. The Hall–Kier alpha value is -5.15. The van der Waals surface area contributed by atoms with Crippen LogP contribution in [-0.2, 0) is 28.6 Å². The van der Waals surface area contributed by atoms with E-state index in [0.29, 0.717) is 73.2 Å². The minimum atomic E-state index is -3.67. The van der Waals surface area contributed by atoms with Crippen molar-refractivity contribution in [1.29, 1.82) is 0 Å². The molecule has 98 heavy (non-hydrogen) atoms. The summed E-state index contributed by atoms with van der Waals surface area (Å²) in [6.07, 6.45) is 1.21. The Morgan fingerprint density at radius 1 is 0.459 bits per heavy atom. The molecule has 0 bridgehead atoms. The third-order valence-corrected chi connectivity index (χ3v) is 15.5. The van der Waals surface area contributed by atoms with E-state index in [2.05, 4.69) is 19.5 Å². The summed E-state index contributed by atoms with van der Waals surface area (Å²) in [5.74, 6) is 0.647. The molecule has 17 nitrogen and oxygen atoms in total. The van der Waals surface area contributed by atoms with Gasteiger partial charge in [0.15, 0.2) is 46.7 Å². The normalized spacial score (nSPS) is 13.1. The standard InChI is InChI=1S/2C12H13Cl2NO.C10H11Cl2NO2.C10H10Cl2O3.C9H9Cl2NO2.C6H4Cl2O.C4H8O3.BF3.ClH.FH/c2*1-8(11-6-3-7-15-11)16-12-9(13)4-2-5-10(12)14;2*1-6(10(13)14-2)15-9-7(11)4-3-5-8(9)12;1-5(9(12)13)14-8-6(10)3-2-4-7(8)11;7-4-2-1-3-5(8)6(4)9;1-3(5)4(6)7-2;2-1(3)4;;/h2*2,4-5,8H,3,6-7H2,1H3;3-6,13H,1-2H3;3-6H,1-2H3;2-5H,1H3,(H2,12,13);1-3,9H;3,5H,1-2H3;;2*1H/t2*8-;2*6-;5-;;3-;;;/m11111.0.../s1. The molecular formula is C63H70BCl13F4N4O13. The predicted octanol–water partition coefficient (Wildman–Crippen LogP) is 15.3. The Kier molecular flexibility index (Phi) is 49.5. The fraction of sp³-hybridized carbons (Fsp3) is 0.333. The first-order chi connectivity index (χ1) is 45.1. The van der Waals surface area contributed by atoms with E-state index in [0.717, 1.165) is 50.2 Å². The summed E-state index contributed by atoms with van der Waals surface area (Å²) in [6.45, 7) is 11.9. The van der Waals surface area contributed by atoms with Crippen LogP contribution in [0.5, 0.6) is 34.5 Å². The smallest absolute Gasteiger partial charge is 0.762 e. The lowest BCUT2D eigenvalue weighted by atomic mass is 10.2. The van der Waals surface area contributed by atoms with Crippen LogP contribution in [0.4, 0.5) is 12.9 Å². The van der Waals surface area contributed by atoms with E-state index in [1.54, 1.807) is 123 Å². The second-order valence-corrected chi connectivity index (χ2v) is 23.9. The summed E-state index contributed by atoms with van der Waals surface area (Å²) < 4.78 is 70.0. The molecule has 0 radical (unpaired) electrons. The minimum Gasteiger partial charge on any atom is -1.00 e. The predicted molar refractivity (Wildman–Crippen MR) is 389 cm³/mol. The molecule has 0 unspecified atom stereocenters. The maximum absolute atomic E-state index is 11.1. The average Bonchev–Trinajstić information content (AvgIpc) is 1.33. The van der Waals surface area contributed by atoms with Gasteiger partial charge >= 0.3 is 25.4 Å². The average molecular weight is 1640 g/mol. The van der Waals surface area contributed by atoms with Gasteiger partial charge in [0.25, 0.3) is 5.91 Å². The largest absolute Gasteiger partial charge is 1.00 e. The maximum atomic E-state index is 11.1. The van der Waals surface area contributed by atoms with E-state index in [-0.39, 0.29) is 56.8 Å². The zero-order chi connectivity index (χ0) is 72.9. The molecule has 6 atom stereocenters. The first-order valence-electron chi connectivity index (χ1n) is 28.1. The van der Waals surface area contributed by atoms with Crippen LogP contribution in [-0.4, -0.2) is 124 Å². The molecule has 2 heterocycles. The molecule has 0 saturated heterocycles. The first-order valence-corrected chi connectivity index (χ1v) is 32.6. The van der Waals surface area contributed by atoms with Crippen LogP contribution >= 0.6 is 152 Å². The Balaban J connectivity index is 0. The number of ether oxygens (including phenoxy) is 8. The number of carbonyl (C=O) groups is 3. The molecule has 2 aliphatic rings. The molecule has 6 aromatic rings. The van der Waals surface area contributed by atoms with Crippen molar-refractivity contribution in [3.05, 3.63) is 169 Å². The molecule has 0 aromatic heterocycles. The number of hydrogen-bond donors (Lipinski definition) is 4. The molecule has 6 aromatic carbocycles. The van der Waals surface area contributed by atoms with Crippen LogP contribution < -0.4 is 39.5 Å². The molecular weight excluding hydrogens is 1570 g/mol. The van der Waals surface area contributed by atoms with Gasteiger partial charge in [-0.1, -0.05) is 176 Å². The van der Waals surface area contributed by atoms with Crippen LogP contribution in [0.3, 0.4) is 0 Å². The number of para-hydroxylation sites is 6. The second-order valence-electron chi connectivity index (χ2n) is 19.1. The number of methoxy groups -OCH3 is 3. The molecule has 1 amide bonds. The number of hydrogen-bond acceptors (Lipinski definition) is 15. The number of phenolic OH excluding ortho intramolecular Hbond substituents is 1. The molecule has 0 fully saturated rings. The van der Waals surface area contributed by atoms with Crippen LogP contribution in [0.2, 0.25) is 60.3 Å². The van der Waals surface area contributed by atoms with Crippen molar-refractivity contribution in [1.82, 2.24) is 0 Å². The monoisotopic (exact) mass is 1630 g/mol. The molecule has 0 aliphatic carbocycles. The second kappa shape index (κ2) is 51.1. The summed E-state index contributed by atoms with van der Waals surface area (Å²) in [5.41, 5.74) is 7.22. The van der Waals surface area contributed by atoms with Crippen molar-refractivity contribution < 1.29 is 85.6 Å². The van der Waals surface area contributed by atoms with Gasteiger partial charge in [-0.2, -0.15) is 0 Å². The summed E-state index contributed by atoms with van der Waals surface area (Å²) in [4.78, 5) is 40.7. The highest BCUT2D eigenvalue weighted by molar-refractivity contribution is 6.40. The number of aliphatic hydroxyl groups is 1. The van der Waals surface area contributed by atoms with Crippen molar-refractivity contribution in [3.63, 3.8) is 0 Å². The number of esters is 2. The number of aliphatic hydroxyl groups excluding tert-OH is 1. The highest BCUT2D eigenvalue weighted by atomic mass is 35.5. The Morgan fingerprint density at radius 3 is 0.908 bits per heavy atom. The molecule has 2 aliphatic heterocycles. The fourth-order valence-electron chi connectivity index (χ4n) is 6.94. The number of carbonyl (C=O) groups excluding carboxylic acids is 3. The van der Waals surface area contributed by atoms with Crippen molar-refractivity contribution in [2.24, 2.45) is 15.7 Å². The number of nitrogens with zero attached hydrogens (tertiary/aromatic N) is 2. The summed E-state index contributed by atoms with van der Waals surface area (Å²) in [7, 11) is 0.328. The van der Waals surface area contributed by atoms with Crippen LogP contribution in [0.1, 0.15) is 67.2 Å². The Morgan fingerprint density at radius 2 is 0.704 bits per heavy atom. The van der Waals surface area contributed by atoms with Gasteiger partial charge in [0, 0.05) is 13.1 Å². The third-order valence-electron chi connectivity index (χ3n) is 11.9. The maximum Gasteiger partial charge on any atom is 0.762 e. The zero-order valence-corrected chi connectivity index (χ0v) is 63.5. The Labute approximate surface area is 632 Å². The van der Waals surface area contributed by atoms with Gasteiger partial charge in [-0.25, -0.2) is 15.0 Å². The minimum absolute atomic E-state index is 0. The van der Waals surface area contributed by atoms with E-state index in [1.165, 1.54) is 35.2 Å². The first kappa shape index (κ1) is 94.9. The SMILES string of the molecule is COC(=O)[C@@H](C)Oc1c(Cl)cccc1Cl.COC(=O)[C@H](C)O.COC(=[NH2+])[C@@H](C)Oc1c(Cl)cccc1Cl.C[C@@H](Oc1c(Cl)cccc1Cl)C(N)=O.C[C@@H](Oc1c(Cl)cccc1Cl)C1=NCCC1.C[C@@H](Oc1c(Cl)cccc1Cl)C1=NCCC1.Cl.FB(F)F.Oc1c(Cl)cccc1Cl.[F-]. The highest BCUT2D eigenvalue weighted by Crippen LogP contribution is 2.38. The summed E-state index contributed by atoms with van der Waals surface area (Å²) in [6, 6.07) is 30.5. The van der Waals surface area contributed by atoms with E-state index >= 15 is 0 Å². The van der Waals surface area contributed by atoms with E-state index < -0.39 is 49.8 Å². The zero-order valence-electron chi connectivity index (χ0n) is 53.6. The molecule has 0 spiro atoms. The topological polar surface area (TPSA) is 242 Å². The molecule has 6 N–H and O–H groups in total. The van der Waals surface area contributed by atoms with Gasteiger partial charge in [0.2, 0.25) is 6.10 Å². The van der Waals surface area contributed by atoms with Crippen LogP contribution in [0, 0.1) is 0 Å².